The number of esters is 1. The molecule has 0 fully saturated rings. The standard InChI is InChI=1S/C11H11N5O3/c1-19-11(18)6-2-4-7(5-3-6)13-10(17)8-9(12)15-16-14-8/h2-5H,1H3,(H,13,17)(H3,12,14,15,16). The molecule has 0 atom stereocenters. The zero-order chi connectivity index (χ0) is 13.8. The van der Waals surface area contributed by atoms with E-state index in [1.165, 1.54) is 19.2 Å². The molecular weight excluding hydrogens is 250 g/mol. The quantitative estimate of drug-likeness (QED) is 0.688. The van der Waals surface area contributed by atoms with Crippen molar-refractivity contribution in [1.82, 2.24) is 15.4 Å². The molecule has 1 aromatic heterocycles. The van der Waals surface area contributed by atoms with E-state index in [-0.39, 0.29) is 11.5 Å². The van der Waals surface area contributed by atoms with Crippen molar-refractivity contribution >= 4 is 23.4 Å². The van der Waals surface area contributed by atoms with E-state index in [9.17, 15) is 9.59 Å². The zero-order valence-electron chi connectivity index (χ0n) is 10.0. The van der Waals surface area contributed by atoms with Gasteiger partial charge >= 0.3 is 5.97 Å². The number of nitrogens with one attached hydrogen (secondary N) is 2. The Morgan fingerprint density at radius 1 is 1.26 bits per heavy atom. The van der Waals surface area contributed by atoms with Crippen LogP contribution in [0.5, 0.6) is 0 Å². The van der Waals surface area contributed by atoms with Crippen LogP contribution in [0.2, 0.25) is 0 Å². The lowest BCUT2D eigenvalue weighted by Crippen LogP contribution is -2.14. The fraction of sp³-hybridized carbons (Fsp3) is 0.0909. The number of aromatic nitrogens is 3. The van der Waals surface area contributed by atoms with Crippen LogP contribution in [0.25, 0.3) is 0 Å². The van der Waals surface area contributed by atoms with Gasteiger partial charge in [0.25, 0.3) is 5.91 Å². The highest BCUT2D eigenvalue weighted by Crippen LogP contribution is 2.12. The maximum Gasteiger partial charge on any atom is 0.337 e. The number of ether oxygens (including phenoxy) is 1. The molecule has 0 bridgehead atoms. The third-order valence-electron chi connectivity index (χ3n) is 2.35. The van der Waals surface area contributed by atoms with E-state index in [1.807, 2.05) is 0 Å². The number of nitrogen functional groups attached to an aromatic ring is 1. The number of anilines is 2. The smallest absolute Gasteiger partial charge is 0.337 e. The highest BCUT2D eigenvalue weighted by molar-refractivity contribution is 6.05. The van der Waals surface area contributed by atoms with Gasteiger partial charge in [0.1, 0.15) is 0 Å². The summed E-state index contributed by atoms with van der Waals surface area (Å²) >= 11 is 0. The second-order valence-corrected chi connectivity index (χ2v) is 3.58. The number of nitrogens with two attached hydrogens (primary N) is 1. The molecule has 1 amide bonds. The number of hydrogen-bond acceptors (Lipinski definition) is 6. The summed E-state index contributed by atoms with van der Waals surface area (Å²) in [6.45, 7) is 0. The second kappa shape index (κ2) is 5.17. The molecule has 0 aliphatic heterocycles. The van der Waals surface area contributed by atoms with Crippen molar-refractivity contribution < 1.29 is 14.3 Å². The van der Waals surface area contributed by atoms with Crippen molar-refractivity contribution in [3.8, 4) is 0 Å². The van der Waals surface area contributed by atoms with E-state index in [4.69, 9.17) is 5.73 Å². The number of methoxy groups -OCH3 is 1. The highest BCUT2D eigenvalue weighted by atomic mass is 16.5. The highest BCUT2D eigenvalue weighted by Gasteiger charge is 2.14. The summed E-state index contributed by atoms with van der Waals surface area (Å²) in [4.78, 5) is 23.0. The third-order valence-corrected chi connectivity index (χ3v) is 2.35. The van der Waals surface area contributed by atoms with Gasteiger partial charge in [-0.3, -0.25) is 4.79 Å². The van der Waals surface area contributed by atoms with Gasteiger partial charge in [-0.2, -0.15) is 5.21 Å². The summed E-state index contributed by atoms with van der Waals surface area (Å²) < 4.78 is 4.57. The maximum absolute atomic E-state index is 11.8. The van der Waals surface area contributed by atoms with Crippen LogP contribution in [0.4, 0.5) is 11.5 Å². The lowest BCUT2D eigenvalue weighted by molar-refractivity contribution is 0.0600. The lowest BCUT2D eigenvalue weighted by Gasteiger charge is -2.04. The van der Waals surface area contributed by atoms with E-state index in [2.05, 4.69) is 25.5 Å². The monoisotopic (exact) mass is 261 g/mol. The van der Waals surface area contributed by atoms with Gasteiger partial charge in [0.2, 0.25) is 0 Å². The number of H-pyrrole nitrogens is 1. The third kappa shape index (κ3) is 2.68. The first kappa shape index (κ1) is 12.6. The van der Waals surface area contributed by atoms with Crippen LogP contribution >= 0.6 is 0 Å². The normalized spacial score (nSPS) is 9.95. The van der Waals surface area contributed by atoms with Gasteiger partial charge in [-0.1, -0.05) is 0 Å². The van der Waals surface area contributed by atoms with Crippen molar-refractivity contribution in [2.45, 2.75) is 0 Å². The predicted molar refractivity (Wildman–Crippen MR) is 66.5 cm³/mol. The molecule has 0 radical (unpaired) electrons. The first-order valence-electron chi connectivity index (χ1n) is 5.28. The molecule has 0 saturated heterocycles. The molecule has 0 unspecified atom stereocenters. The minimum absolute atomic E-state index is 0.0112. The molecule has 0 aliphatic carbocycles. The summed E-state index contributed by atoms with van der Waals surface area (Å²) in [7, 11) is 1.30. The Bertz CT molecular complexity index is 605. The average molecular weight is 261 g/mol. The molecule has 19 heavy (non-hydrogen) atoms. The van der Waals surface area contributed by atoms with Gasteiger partial charge in [-0.15, -0.1) is 10.2 Å². The first-order chi connectivity index (χ1) is 9.11. The summed E-state index contributed by atoms with van der Waals surface area (Å²) in [5.41, 5.74) is 6.35. The summed E-state index contributed by atoms with van der Waals surface area (Å²) in [6.07, 6.45) is 0. The number of hydrogen-bond donors (Lipinski definition) is 3. The van der Waals surface area contributed by atoms with Gasteiger partial charge < -0.3 is 15.8 Å². The van der Waals surface area contributed by atoms with Crippen molar-refractivity contribution in [2.24, 2.45) is 0 Å². The number of carbonyl (C=O) groups is 2. The Labute approximate surface area is 107 Å². The van der Waals surface area contributed by atoms with Crippen LogP contribution in [0, 0.1) is 0 Å². The van der Waals surface area contributed by atoms with E-state index >= 15 is 0 Å². The molecule has 0 saturated carbocycles. The number of amides is 1. The lowest BCUT2D eigenvalue weighted by atomic mass is 10.2. The summed E-state index contributed by atoms with van der Waals surface area (Å²) in [6, 6.07) is 6.21. The zero-order valence-corrected chi connectivity index (χ0v) is 10.0. The molecule has 1 heterocycles. The van der Waals surface area contributed by atoms with E-state index < -0.39 is 11.9 Å². The van der Waals surface area contributed by atoms with Crippen molar-refractivity contribution in [2.75, 3.05) is 18.2 Å². The molecular formula is C11H11N5O3. The van der Waals surface area contributed by atoms with Crippen molar-refractivity contribution in [3.05, 3.63) is 35.5 Å². The molecule has 98 valence electrons. The molecule has 8 heteroatoms. The van der Waals surface area contributed by atoms with Crippen LogP contribution < -0.4 is 11.1 Å². The number of aromatic amines is 1. The topological polar surface area (TPSA) is 123 Å². The van der Waals surface area contributed by atoms with Gasteiger partial charge in [-0.05, 0) is 24.3 Å². The minimum atomic E-state index is -0.489. The number of carbonyl (C=O) groups excluding carboxylic acids is 2. The fourth-order valence-electron chi connectivity index (χ4n) is 1.40. The van der Waals surface area contributed by atoms with Crippen LogP contribution in [0.15, 0.2) is 24.3 Å². The van der Waals surface area contributed by atoms with Gasteiger partial charge in [-0.25, -0.2) is 4.79 Å². The predicted octanol–water partition coefficient (Wildman–Crippen LogP) is 0.426. The molecule has 0 aliphatic rings. The molecule has 2 rings (SSSR count). The van der Waals surface area contributed by atoms with E-state index in [1.54, 1.807) is 12.1 Å². The van der Waals surface area contributed by atoms with Crippen LogP contribution in [0.3, 0.4) is 0 Å². The van der Waals surface area contributed by atoms with E-state index in [0.29, 0.717) is 11.3 Å². The summed E-state index contributed by atoms with van der Waals surface area (Å²) in [5, 5.41) is 12.0. The van der Waals surface area contributed by atoms with Gasteiger partial charge in [0.05, 0.1) is 12.7 Å². The van der Waals surface area contributed by atoms with Crippen LogP contribution in [0.1, 0.15) is 20.8 Å². The number of nitrogens with zero attached hydrogens (tertiary/aromatic N) is 2. The summed E-state index contributed by atoms with van der Waals surface area (Å²) in [5.74, 6) is -0.917. The van der Waals surface area contributed by atoms with E-state index in [0.717, 1.165) is 0 Å². The largest absolute Gasteiger partial charge is 0.465 e. The Hall–Kier alpha value is -2.90. The van der Waals surface area contributed by atoms with Crippen LogP contribution in [-0.2, 0) is 4.74 Å². The maximum atomic E-state index is 11.8. The van der Waals surface area contributed by atoms with Crippen molar-refractivity contribution in [1.29, 1.82) is 0 Å². The Morgan fingerprint density at radius 3 is 2.47 bits per heavy atom. The number of benzene rings is 1. The first-order valence-corrected chi connectivity index (χ1v) is 5.28. The minimum Gasteiger partial charge on any atom is -0.465 e. The molecule has 1 aromatic carbocycles. The second-order valence-electron chi connectivity index (χ2n) is 3.58. The van der Waals surface area contributed by atoms with Gasteiger partial charge in [0.15, 0.2) is 11.5 Å². The van der Waals surface area contributed by atoms with Crippen LogP contribution in [-0.4, -0.2) is 34.4 Å². The molecule has 0 spiro atoms. The number of rotatable bonds is 3. The molecule has 4 N–H and O–H groups in total. The van der Waals surface area contributed by atoms with Crippen molar-refractivity contribution in [3.63, 3.8) is 0 Å². The SMILES string of the molecule is COC(=O)c1ccc(NC(=O)c2n[nH]nc2N)cc1. The Morgan fingerprint density at radius 2 is 1.95 bits per heavy atom. The Balaban J connectivity index is 2.10. The molecule has 8 nitrogen and oxygen atoms in total. The van der Waals surface area contributed by atoms with Gasteiger partial charge in [0, 0.05) is 5.69 Å². The molecule has 2 aromatic rings. The Kier molecular flexibility index (Phi) is 3.42. The average Bonchev–Trinajstić information content (AvgIpc) is 2.85. The fourth-order valence-corrected chi connectivity index (χ4v) is 1.40.